The summed E-state index contributed by atoms with van der Waals surface area (Å²) in [6.07, 6.45) is 6.13. The quantitative estimate of drug-likeness (QED) is 0.532. The average Bonchev–Trinajstić information content (AvgIpc) is 2.39. The number of rotatable bonds is 6. The van der Waals surface area contributed by atoms with E-state index in [-0.39, 0.29) is 11.6 Å². The summed E-state index contributed by atoms with van der Waals surface area (Å²) in [5.74, 6) is 1.47. The van der Waals surface area contributed by atoms with Crippen LogP contribution >= 0.6 is 0 Å². The van der Waals surface area contributed by atoms with Crippen molar-refractivity contribution in [2.75, 3.05) is 13.1 Å². The molecule has 3 N–H and O–H groups in total. The summed E-state index contributed by atoms with van der Waals surface area (Å²) in [4.78, 5) is 22.1. The number of nitrogens with one attached hydrogen (secondary N) is 2. The number of aromatic carboxylic acids is 1. The Hall–Kier alpha value is -2.48. The first-order chi connectivity index (χ1) is 9.13. The van der Waals surface area contributed by atoms with Crippen LogP contribution in [0.25, 0.3) is 0 Å². The van der Waals surface area contributed by atoms with Gasteiger partial charge in [0.25, 0.3) is 0 Å². The number of carbonyl (C=O) groups excluding carboxylic acids is 1. The first-order valence-electron chi connectivity index (χ1n) is 5.91. The Balaban J connectivity index is 2.33. The van der Waals surface area contributed by atoms with Gasteiger partial charge in [0.2, 0.25) is 0 Å². The molecule has 5 heteroatoms. The zero-order valence-corrected chi connectivity index (χ0v) is 10.5. The number of terminal acetylenes is 1. The van der Waals surface area contributed by atoms with Crippen LogP contribution in [0.5, 0.6) is 0 Å². The predicted octanol–water partition coefficient (Wildman–Crippen LogP) is 1.25. The molecule has 0 aliphatic carbocycles. The Morgan fingerprint density at radius 3 is 2.68 bits per heavy atom. The Kier molecular flexibility index (Phi) is 5.96. The van der Waals surface area contributed by atoms with E-state index in [4.69, 9.17) is 11.5 Å². The topological polar surface area (TPSA) is 78.4 Å². The van der Waals surface area contributed by atoms with Crippen molar-refractivity contribution in [1.29, 1.82) is 0 Å². The molecule has 0 saturated heterocycles. The third kappa shape index (κ3) is 5.59. The molecule has 0 heterocycles. The molecule has 0 fully saturated rings. The van der Waals surface area contributed by atoms with Gasteiger partial charge in [-0.2, -0.15) is 0 Å². The van der Waals surface area contributed by atoms with Crippen LogP contribution in [-0.4, -0.2) is 30.2 Å². The van der Waals surface area contributed by atoms with Crippen molar-refractivity contribution in [1.82, 2.24) is 10.6 Å². The molecule has 0 aliphatic heterocycles. The van der Waals surface area contributed by atoms with Crippen molar-refractivity contribution in [2.24, 2.45) is 0 Å². The Labute approximate surface area is 112 Å². The standard InChI is InChI=1S/C14H16N2O3/c1-2-3-8-15-14(19)16-9-7-11-5-4-6-12(10-11)13(17)18/h1,4-6,10H,3,7-9H2,(H,17,18)(H2,15,16,19). The number of carboxylic acids is 1. The first kappa shape index (κ1) is 14.6. The fraction of sp³-hybridized carbons (Fsp3) is 0.286. The molecule has 0 radical (unpaired) electrons. The second-order valence-corrected chi connectivity index (χ2v) is 3.89. The molecule has 5 nitrogen and oxygen atoms in total. The average molecular weight is 260 g/mol. The lowest BCUT2D eigenvalue weighted by Gasteiger charge is -2.06. The molecule has 0 unspecified atom stereocenters. The van der Waals surface area contributed by atoms with E-state index in [9.17, 15) is 9.59 Å². The van der Waals surface area contributed by atoms with Crippen molar-refractivity contribution in [2.45, 2.75) is 12.8 Å². The molecule has 0 saturated carbocycles. The van der Waals surface area contributed by atoms with Gasteiger partial charge in [-0.15, -0.1) is 12.3 Å². The maximum absolute atomic E-state index is 11.3. The van der Waals surface area contributed by atoms with E-state index in [1.54, 1.807) is 12.1 Å². The van der Waals surface area contributed by atoms with Gasteiger partial charge in [0, 0.05) is 19.5 Å². The van der Waals surface area contributed by atoms with Gasteiger partial charge in [-0.3, -0.25) is 0 Å². The fourth-order valence-electron chi connectivity index (χ4n) is 1.49. The van der Waals surface area contributed by atoms with Gasteiger partial charge in [0.05, 0.1) is 5.56 Å². The minimum atomic E-state index is -0.957. The van der Waals surface area contributed by atoms with E-state index in [0.29, 0.717) is 25.9 Å². The van der Waals surface area contributed by atoms with E-state index >= 15 is 0 Å². The molecule has 1 aromatic rings. The highest BCUT2D eigenvalue weighted by Crippen LogP contribution is 2.05. The Bertz CT molecular complexity index is 492. The van der Waals surface area contributed by atoms with Crippen LogP contribution in [0.2, 0.25) is 0 Å². The molecule has 1 rings (SSSR count). The third-order valence-corrected chi connectivity index (χ3v) is 2.43. The van der Waals surface area contributed by atoms with Gasteiger partial charge in [-0.05, 0) is 24.1 Å². The van der Waals surface area contributed by atoms with E-state index in [0.717, 1.165) is 5.56 Å². The van der Waals surface area contributed by atoms with Crippen molar-refractivity contribution >= 4 is 12.0 Å². The molecule has 19 heavy (non-hydrogen) atoms. The van der Waals surface area contributed by atoms with Crippen LogP contribution in [0, 0.1) is 12.3 Å². The molecule has 0 aliphatic rings. The van der Waals surface area contributed by atoms with Gasteiger partial charge in [-0.1, -0.05) is 12.1 Å². The zero-order valence-electron chi connectivity index (χ0n) is 10.5. The number of amides is 2. The number of carbonyl (C=O) groups is 2. The molecule has 2 amide bonds. The smallest absolute Gasteiger partial charge is 0.335 e. The van der Waals surface area contributed by atoms with Crippen LogP contribution in [-0.2, 0) is 6.42 Å². The lowest BCUT2D eigenvalue weighted by Crippen LogP contribution is -2.37. The van der Waals surface area contributed by atoms with Gasteiger partial charge < -0.3 is 15.7 Å². The van der Waals surface area contributed by atoms with Gasteiger partial charge >= 0.3 is 12.0 Å². The van der Waals surface area contributed by atoms with Crippen LogP contribution in [0.15, 0.2) is 24.3 Å². The largest absolute Gasteiger partial charge is 0.478 e. The summed E-state index contributed by atoms with van der Waals surface area (Å²) >= 11 is 0. The molecule has 100 valence electrons. The molecule has 0 aromatic heterocycles. The number of carboxylic acid groups (broad SMARTS) is 1. The molecule has 0 bridgehead atoms. The second-order valence-electron chi connectivity index (χ2n) is 3.89. The van der Waals surface area contributed by atoms with Crippen LogP contribution < -0.4 is 10.6 Å². The summed E-state index contributed by atoms with van der Waals surface area (Å²) in [6, 6.07) is 6.37. The number of benzene rings is 1. The minimum absolute atomic E-state index is 0.246. The summed E-state index contributed by atoms with van der Waals surface area (Å²) in [5, 5.41) is 14.1. The van der Waals surface area contributed by atoms with Crippen molar-refractivity contribution in [3.63, 3.8) is 0 Å². The van der Waals surface area contributed by atoms with Crippen LogP contribution in [0.4, 0.5) is 4.79 Å². The number of hydrogen-bond acceptors (Lipinski definition) is 2. The predicted molar refractivity (Wildman–Crippen MR) is 72.0 cm³/mol. The van der Waals surface area contributed by atoms with E-state index < -0.39 is 5.97 Å². The normalized spacial score (nSPS) is 9.42. The van der Waals surface area contributed by atoms with E-state index in [2.05, 4.69) is 16.6 Å². The minimum Gasteiger partial charge on any atom is -0.478 e. The third-order valence-electron chi connectivity index (χ3n) is 2.43. The summed E-state index contributed by atoms with van der Waals surface area (Å²) in [7, 11) is 0. The van der Waals surface area contributed by atoms with Gasteiger partial charge in [0.1, 0.15) is 0 Å². The molecule has 0 spiro atoms. The molecule has 0 atom stereocenters. The number of urea groups is 1. The summed E-state index contributed by atoms with van der Waals surface area (Å²) in [6.45, 7) is 0.877. The second kappa shape index (κ2) is 7.77. The van der Waals surface area contributed by atoms with Crippen molar-refractivity contribution in [3.05, 3.63) is 35.4 Å². The fourth-order valence-corrected chi connectivity index (χ4v) is 1.49. The highest BCUT2D eigenvalue weighted by Gasteiger charge is 2.03. The highest BCUT2D eigenvalue weighted by atomic mass is 16.4. The molecular formula is C14H16N2O3. The first-order valence-corrected chi connectivity index (χ1v) is 5.91. The van der Waals surface area contributed by atoms with E-state index in [1.165, 1.54) is 6.07 Å². The Morgan fingerprint density at radius 1 is 1.26 bits per heavy atom. The number of hydrogen-bond donors (Lipinski definition) is 3. The zero-order chi connectivity index (χ0) is 14.1. The highest BCUT2D eigenvalue weighted by molar-refractivity contribution is 5.87. The van der Waals surface area contributed by atoms with Gasteiger partial charge in [-0.25, -0.2) is 9.59 Å². The maximum atomic E-state index is 11.3. The lowest BCUT2D eigenvalue weighted by molar-refractivity contribution is 0.0696. The van der Waals surface area contributed by atoms with Crippen molar-refractivity contribution < 1.29 is 14.7 Å². The Morgan fingerprint density at radius 2 is 2.00 bits per heavy atom. The SMILES string of the molecule is C#CCCNC(=O)NCCc1cccc(C(=O)O)c1. The lowest BCUT2D eigenvalue weighted by atomic mass is 10.1. The van der Waals surface area contributed by atoms with Gasteiger partial charge in [0.15, 0.2) is 0 Å². The molecule has 1 aromatic carbocycles. The van der Waals surface area contributed by atoms with Crippen LogP contribution in [0.1, 0.15) is 22.3 Å². The van der Waals surface area contributed by atoms with Crippen LogP contribution in [0.3, 0.4) is 0 Å². The summed E-state index contributed by atoms with van der Waals surface area (Å²) < 4.78 is 0. The van der Waals surface area contributed by atoms with E-state index in [1.807, 2.05) is 6.07 Å². The molecular weight excluding hydrogens is 244 g/mol. The maximum Gasteiger partial charge on any atom is 0.335 e. The van der Waals surface area contributed by atoms with Crippen molar-refractivity contribution in [3.8, 4) is 12.3 Å². The summed E-state index contributed by atoms with van der Waals surface area (Å²) in [5.41, 5.74) is 1.11. The monoisotopic (exact) mass is 260 g/mol.